The summed E-state index contributed by atoms with van der Waals surface area (Å²) in [4.78, 5) is 0. The van der Waals surface area contributed by atoms with E-state index >= 15 is 0 Å². The van der Waals surface area contributed by atoms with E-state index in [2.05, 4.69) is 6.07 Å². The van der Waals surface area contributed by atoms with Crippen LogP contribution in [0.25, 0.3) is 0 Å². The van der Waals surface area contributed by atoms with Crippen LogP contribution in [-0.2, 0) is 0 Å². The molecule has 1 saturated carbocycles. The van der Waals surface area contributed by atoms with Gasteiger partial charge in [-0.05, 0) is 30.9 Å². The lowest BCUT2D eigenvalue weighted by Gasteiger charge is -2.22. The number of benzene rings is 1. The molecule has 5 heteroatoms. The number of halogens is 1. The number of nitrogens with zero attached hydrogens (tertiary/aromatic N) is 1. The van der Waals surface area contributed by atoms with Gasteiger partial charge in [0, 0.05) is 11.6 Å². The molecule has 1 fully saturated rings. The van der Waals surface area contributed by atoms with Crippen molar-refractivity contribution >= 4 is 12.4 Å². The lowest BCUT2D eigenvalue weighted by Crippen LogP contribution is -2.20. The van der Waals surface area contributed by atoms with E-state index < -0.39 is 0 Å². The Bertz CT molecular complexity index is 479. The summed E-state index contributed by atoms with van der Waals surface area (Å²) < 4.78 is 5.08. The molecule has 0 aliphatic heterocycles. The zero-order chi connectivity index (χ0) is 13.1. The van der Waals surface area contributed by atoms with E-state index in [1.807, 2.05) is 0 Å². The highest BCUT2D eigenvalue weighted by atomic mass is 35.5. The summed E-state index contributed by atoms with van der Waals surface area (Å²) in [6.07, 6.45) is 4.46. The van der Waals surface area contributed by atoms with Gasteiger partial charge in [-0.25, -0.2) is 0 Å². The van der Waals surface area contributed by atoms with Gasteiger partial charge in [0.2, 0.25) is 0 Å². The zero-order valence-electron chi connectivity index (χ0n) is 10.9. The summed E-state index contributed by atoms with van der Waals surface area (Å²) in [6.45, 7) is 0. The van der Waals surface area contributed by atoms with Crippen LogP contribution in [0.2, 0.25) is 0 Å². The van der Waals surface area contributed by atoms with Crippen molar-refractivity contribution < 1.29 is 9.84 Å². The molecule has 0 amide bonds. The van der Waals surface area contributed by atoms with Crippen LogP contribution in [0.15, 0.2) is 12.1 Å². The minimum absolute atomic E-state index is 0. The standard InChI is InChI=1S/C14H18N2O2.ClH/c1-18-11-7-6-10(8-15)12(14(11)17)13(16)9-4-2-3-5-9;/h6-7,9,13,17H,2-5,16H2,1H3;1H/t13-;/m0./s1. The van der Waals surface area contributed by atoms with Crippen LogP contribution in [0.5, 0.6) is 11.5 Å². The summed E-state index contributed by atoms with van der Waals surface area (Å²) in [5, 5.41) is 19.3. The number of hydrogen-bond donors (Lipinski definition) is 2. The molecule has 0 unspecified atom stereocenters. The fourth-order valence-corrected chi connectivity index (χ4v) is 2.74. The molecular weight excluding hydrogens is 264 g/mol. The maximum atomic E-state index is 10.2. The Hall–Kier alpha value is -1.44. The van der Waals surface area contributed by atoms with E-state index in [4.69, 9.17) is 15.7 Å². The van der Waals surface area contributed by atoms with Gasteiger partial charge in [-0.15, -0.1) is 12.4 Å². The SMILES string of the molecule is COc1ccc(C#N)c([C@@H](N)C2CCCC2)c1O.Cl. The Kier molecular flexibility index (Phi) is 5.46. The average Bonchev–Trinajstić information content (AvgIpc) is 2.91. The fraction of sp³-hybridized carbons (Fsp3) is 0.500. The second-order valence-corrected chi connectivity index (χ2v) is 4.76. The average molecular weight is 283 g/mol. The molecule has 0 bridgehead atoms. The number of rotatable bonds is 3. The molecule has 0 saturated heterocycles. The summed E-state index contributed by atoms with van der Waals surface area (Å²) in [6, 6.07) is 5.05. The molecule has 1 atom stereocenters. The first-order valence-electron chi connectivity index (χ1n) is 6.24. The molecule has 19 heavy (non-hydrogen) atoms. The van der Waals surface area contributed by atoms with E-state index in [1.54, 1.807) is 12.1 Å². The maximum absolute atomic E-state index is 10.2. The highest BCUT2D eigenvalue weighted by Gasteiger charge is 2.28. The minimum atomic E-state index is -0.294. The Morgan fingerprint density at radius 1 is 1.42 bits per heavy atom. The third kappa shape index (κ3) is 2.94. The second kappa shape index (κ2) is 6.65. The monoisotopic (exact) mass is 282 g/mol. The van der Waals surface area contributed by atoms with Gasteiger partial charge in [0.25, 0.3) is 0 Å². The van der Waals surface area contributed by atoms with Crippen molar-refractivity contribution in [3.63, 3.8) is 0 Å². The maximum Gasteiger partial charge on any atom is 0.163 e. The van der Waals surface area contributed by atoms with Crippen LogP contribution in [0.3, 0.4) is 0 Å². The van der Waals surface area contributed by atoms with Gasteiger partial charge in [-0.1, -0.05) is 12.8 Å². The lowest BCUT2D eigenvalue weighted by molar-refractivity contribution is 0.359. The number of phenolic OH excluding ortho intramolecular Hbond substituents is 1. The number of phenols is 1. The van der Waals surface area contributed by atoms with Crippen LogP contribution in [0.4, 0.5) is 0 Å². The van der Waals surface area contributed by atoms with E-state index in [0.29, 0.717) is 22.8 Å². The number of methoxy groups -OCH3 is 1. The van der Waals surface area contributed by atoms with E-state index in [0.717, 1.165) is 12.8 Å². The largest absolute Gasteiger partial charge is 0.504 e. The van der Waals surface area contributed by atoms with E-state index in [9.17, 15) is 5.11 Å². The highest BCUT2D eigenvalue weighted by molar-refractivity contribution is 5.85. The van der Waals surface area contributed by atoms with Gasteiger partial charge < -0.3 is 15.6 Å². The quantitative estimate of drug-likeness (QED) is 0.893. The molecule has 0 radical (unpaired) electrons. The molecule has 2 rings (SSSR count). The van der Waals surface area contributed by atoms with Crippen molar-refractivity contribution in [3.05, 3.63) is 23.3 Å². The molecule has 1 aromatic rings. The minimum Gasteiger partial charge on any atom is -0.504 e. The number of hydrogen-bond acceptors (Lipinski definition) is 4. The number of ether oxygens (including phenoxy) is 1. The second-order valence-electron chi connectivity index (χ2n) is 4.76. The summed E-state index contributed by atoms with van der Waals surface area (Å²) in [5.74, 6) is 0.725. The normalized spacial score (nSPS) is 16.5. The zero-order valence-corrected chi connectivity index (χ0v) is 11.7. The molecule has 3 N–H and O–H groups in total. The van der Waals surface area contributed by atoms with Gasteiger partial charge in [0.1, 0.15) is 0 Å². The molecule has 104 valence electrons. The fourth-order valence-electron chi connectivity index (χ4n) is 2.74. The van der Waals surface area contributed by atoms with Crippen LogP contribution < -0.4 is 10.5 Å². The third-order valence-corrected chi connectivity index (χ3v) is 3.76. The van der Waals surface area contributed by atoms with Crippen molar-refractivity contribution in [2.75, 3.05) is 7.11 Å². The van der Waals surface area contributed by atoms with Gasteiger partial charge in [-0.2, -0.15) is 5.26 Å². The Balaban J connectivity index is 0.00000180. The highest BCUT2D eigenvalue weighted by Crippen LogP contribution is 2.42. The first kappa shape index (κ1) is 15.6. The van der Waals surface area contributed by atoms with Crippen LogP contribution in [0.1, 0.15) is 42.9 Å². The van der Waals surface area contributed by atoms with E-state index in [-0.39, 0.29) is 24.2 Å². The summed E-state index contributed by atoms with van der Waals surface area (Å²) in [5.41, 5.74) is 7.20. The van der Waals surface area contributed by atoms with Crippen molar-refractivity contribution in [3.8, 4) is 17.6 Å². The molecule has 0 spiro atoms. The first-order chi connectivity index (χ1) is 8.69. The Morgan fingerprint density at radius 3 is 2.58 bits per heavy atom. The molecular formula is C14H19ClN2O2. The van der Waals surface area contributed by atoms with Crippen LogP contribution in [0, 0.1) is 17.2 Å². The smallest absolute Gasteiger partial charge is 0.163 e. The van der Waals surface area contributed by atoms with Crippen molar-refractivity contribution in [1.29, 1.82) is 5.26 Å². The summed E-state index contributed by atoms with van der Waals surface area (Å²) >= 11 is 0. The predicted molar refractivity (Wildman–Crippen MR) is 75.5 cm³/mol. The predicted octanol–water partition coefficient (Wildman–Crippen LogP) is 2.88. The van der Waals surface area contributed by atoms with Gasteiger partial charge in [-0.3, -0.25) is 0 Å². The molecule has 0 aromatic heterocycles. The topological polar surface area (TPSA) is 79.3 Å². The first-order valence-corrected chi connectivity index (χ1v) is 6.24. The van der Waals surface area contributed by atoms with Crippen molar-refractivity contribution in [1.82, 2.24) is 0 Å². The number of nitriles is 1. The molecule has 1 aromatic carbocycles. The summed E-state index contributed by atoms with van der Waals surface area (Å²) in [7, 11) is 1.49. The van der Waals surface area contributed by atoms with Gasteiger partial charge >= 0.3 is 0 Å². The van der Waals surface area contributed by atoms with Crippen molar-refractivity contribution in [2.24, 2.45) is 11.7 Å². The third-order valence-electron chi connectivity index (χ3n) is 3.76. The molecule has 1 aliphatic carbocycles. The van der Waals surface area contributed by atoms with Crippen LogP contribution >= 0.6 is 12.4 Å². The van der Waals surface area contributed by atoms with E-state index in [1.165, 1.54) is 20.0 Å². The molecule has 0 heterocycles. The Morgan fingerprint density at radius 2 is 2.05 bits per heavy atom. The molecule has 4 nitrogen and oxygen atoms in total. The lowest BCUT2D eigenvalue weighted by atomic mass is 9.89. The Labute approximate surface area is 119 Å². The van der Waals surface area contributed by atoms with Gasteiger partial charge in [0.15, 0.2) is 11.5 Å². The number of nitrogens with two attached hydrogens (primary N) is 1. The van der Waals surface area contributed by atoms with Gasteiger partial charge in [0.05, 0.1) is 18.7 Å². The number of aromatic hydroxyl groups is 1. The molecule has 1 aliphatic rings. The van der Waals surface area contributed by atoms with Crippen LogP contribution in [-0.4, -0.2) is 12.2 Å². The van der Waals surface area contributed by atoms with Crippen molar-refractivity contribution in [2.45, 2.75) is 31.7 Å².